The molecule has 0 radical (unpaired) electrons. The fourth-order valence-electron chi connectivity index (χ4n) is 6.50. The number of ether oxygens (including phenoxy) is 6. The van der Waals surface area contributed by atoms with Crippen LogP contribution in [-0.2, 0) is 20.3 Å². The normalized spacial score (nSPS) is 18.1. The van der Waals surface area contributed by atoms with E-state index in [1.165, 1.54) is 22.3 Å². The van der Waals surface area contributed by atoms with Gasteiger partial charge in [0.15, 0.2) is 0 Å². The van der Waals surface area contributed by atoms with E-state index in [1.54, 1.807) is 0 Å². The van der Waals surface area contributed by atoms with E-state index in [1.807, 2.05) is 62.4 Å². The van der Waals surface area contributed by atoms with Crippen LogP contribution in [0.1, 0.15) is 84.1 Å². The maximum absolute atomic E-state index is 10.9. The highest BCUT2D eigenvalue weighted by atomic mass is 16.6. The number of hydrogen-bond acceptors (Lipinski definition) is 7. The van der Waals surface area contributed by atoms with Crippen LogP contribution in [0.5, 0.6) is 23.0 Å². The lowest BCUT2D eigenvalue weighted by Crippen LogP contribution is -2.35. The molecule has 0 aromatic heterocycles. The van der Waals surface area contributed by atoms with Gasteiger partial charge in [0, 0.05) is 17.3 Å². The van der Waals surface area contributed by atoms with Gasteiger partial charge in [-0.15, -0.1) is 0 Å². The van der Waals surface area contributed by atoms with Crippen LogP contribution in [0.2, 0.25) is 0 Å². The molecular formula is C44H54O7. The van der Waals surface area contributed by atoms with Gasteiger partial charge in [0.2, 0.25) is 0 Å². The molecule has 272 valence electrons. The summed E-state index contributed by atoms with van der Waals surface area (Å²) in [4.78, 5) is 0. The van der Waals surface area contributed by atoms with Crippen LogP contribution < -0.4 is 18.9 Å². The molecule has 7 nitrogen and oxygen atoms in total. The summed E-state index contributed by atoms with van der Waals surface area (Å²) in [6.07, 6.45) is 0.109. The van der Waals surface area contributed by atoms with Gasteiger partial charge in [-0.2, -0.15) is 0 Å². The van der Waals surface area contributed by atoms with Crippen LogP contribution in [-0.4, -0.2) is 61.0 Å². The minimum atomic E-state index is -0.699. The summed E-state index contributed by atoms with van der Waals surface area (Å²) in [6.45, 7) is 19.3. The van der Waals surface area contributed by atoms with Crippen molar-refractivity contribution in [2.75, 3.05) is 26.4 Å². The second kappa shape index (κ2) is 14.5. The van der Waals surface area contributed by atoms with E-state index < -0.39 is 11.7 Å². The SMILES string of the molecule is CC(C)(CC(O)COc1ccc(C(C)(C)c2ccc(OC(C)(C)C3CO3)cc2)cc1)Oc1ccc(C(C)(C)c2ccc(OCC3CO3)cc2)cc1. The van der Waals surface area contributed by atoms with Gasteiger partial charge in [-0.3, -0.25) is 0 Å². The van der Waals surface area contributed by atoms with E-state index in [0.29, 0.717) is 18.8 Å². The van der Waals surface area contributed by atoms with Crippen molar-refractivity contribution >= 4 is 0 Å². The highest BCUT2D eigenvalue weighted by Gasteiger charge is 2.41. The molecule has 2 saturated heterocycles. The Morgan fingerprint density at radius 1 is 0.569 bits per heavy atom. The quantitative estimate of drug-likeness (QED) is 0.111. The van der Waals surface area contributed by atoms with Crippen molar-refractivity contribution in [1.29, 1.82) is 0 Å². The molecule has 6 rings (SSSR count). The predicted octanol–water partition coefficient (Wildman–Crippen LogP) is 8.66. The molecule has 0 bridgehead atoms. The first-order valence-corrected chi connectivity index (χ1v) is 18.1. The highest BCUT2D eigenvalue weighted by Crippen LogP contribution is 2.36. The van der Waals surface area contributed by atoms with Gasteiger partial charge in [-0.25, -0.2) is 0 Å². The lowest BCUT2D eigenvalue weighted by molar-refractivity contribution is 0.0175. The van der Waals surface area contributed by atoms with E-state index in [-0.39, 0.29) is 35.2 Å². The second-order valence-corrected chi connectivity index (χ2v) is 16.2. The molecule has 2 aliphatic rings. The van der Waals surface area contributed by atoms with Gasteiger partial charge in [0.1, 0.15) is 59.6 Å². The molecule has 0 saturated carbocycles. The van der Waals surface area contributed by atoms with Crippen molar-refractivity contribution in [2.24, 2.45) is 0 Å². The van der Waals surface area contributed by atoms with Crippen molar-refractivity contribution in [3.63, 3.8) is 0 Å². The van der Waals surface area contributed by atoms with Crippen molar-refractivity contribution in [2.45, 2.75) is 102 Å². The van der Waals surface area contributed by atoms with Crippen LogP contribution in [0.4, 0.5) is 0 Å². The first-order chi connectivity index (χ1) is 24.1. The number of epoxide rings is 2. The van der Waals surface area contributed by atoms with E-state index in [4.69, 9.17) is 28.4 Å². The Balaban J connectivity index is 0.974. The Bertz CT molecular complexity index is 1710. The fraction of sp³-hybridized carbons (Fsp3) is 0.455. The largest absolute Gasteiger partial charge is 0.491 e. The van der Waals surface area contributed by atoms with E-state index in [2.05, 4.69) is 90.1 Å². The number of rotatable bonds is 17. The van der Waals surface area contributed by atoms with Crippen molar-refractivity contribution in [3.05, 3.63) is 119 Å². The Morgan fingerprint density at radius 3 is 1.37 bits per heavy atom. The van der Waals surface area contributed by atoms with Gasteiger partial charge < -0.3 is 33.5 Å². The Morgan fingerprint density at radius 2 is 0.961 bits per heavy atom. The molecule has 1 N–H and O–H groups in total. The second-order valence-electron chi connectivity index (χ2n) is 16.2. The monoisotopic (exact) mass is 694 g/mol. The van der Waals surface area contributed by atoms with Gasteiger partial charge in [-0.1, -0.05) is 76.2 Å². The molecule has 4 aromatic carbocycles. The van der Waals surface area contributed by atoms with Crippen LogP contribution in [0.25, 0.3) is 0 Å². The number of hydrogen-bond donors (Lipinski definition) is 1. The molecule has 51 heavy (non-hydrogen) atoms. The smallest absolute Gasteiger partial charge is 0.132 e. The van der Waals surface area contributed by atoms with Crippen LogP contribution >= 0.6 is 0 Å². The lowest BCUT2D eigenvalue weighted by atomic mass is 9.78. The lowest BCUT2D eigenvalue weighted by Gasteiger charge is -2.30. The van der Waals surface area contributed by atoms with Crippen molar-refractivity contribution in [1.82, 2.24) is 0 Å². The Hall–Kier alpha value is -4.04. The summed E-state index contributed by atoms with van der Waals surface area (Å²) in [5.74, 6) is 3.17. The van der Waals surface area contributed by atoms with Gasteiger partial charge in [-0.05, 0) is 98.5 Å². The molecule has 2 fully saturated rings. The molecule has 2 heterocycles. The third-order valence-electron chi connectivity index (χ3n) is 10.2. The molecule has 3 atom stereocenters. The molecule has 0 amide bonds. The molecule has 3 unspecified atom stereocenters. The molecule has 7 heteroatoms. The summed E-state index contributed by atoms with van der Waals surface area (Å²) < 4.78 is 35.0. The van der Waals surface area contributed by atoms with E-state index >= 15 is 0 Å². The first-order valence-electron chi connectivity index (χ1n) is 18.1. The summed E-state index contributed by atoms with van der Waals surface area (Å²) in [5, 5.41) is 10.9. The minimum Gasteiger partial charge on any atom is -0.491 e. The van der Waals surface area contributed by atoms with Gasteiger partial charge >= 0.3 is 0 Å². The van der Waals surface area contributed by atoms with Gasteiger partial charge in [0.25, 0.3) is 0 Å². The average molecular weight is 695 g/mol. The first kappa shape index (κ1) is 36.7. The van der Waals surface area contributed by atoms with Crippen molar-refractivity contribution in [3.8, 4) is 23.0 Å². The predicted molar refractivity (Wildman–Crippen MR) is 201 cm³/mol. The van der Waals surface area contributed by atoms with Gasteiger partial charge in [0.05, 0.1) is 19.3 Å². The fourth-order valence-corrected chi connectivity index (χ4v) is 6.50. The summed E-state index contributed by atoms with van der Waals surface area (Å²) in [7, 11) is 0. The van der Waals surface area contributed by atoms with E-state index in [9.17, 15) is 5.11 Å². The van der Waals surface area contributed by atoms with E-state index in [0.717, 1.165) is 30.5 Å². The maximum atomic E-state index is 10.9. The average Bonchev–Trinajstić information content (AvgIpc) is 4.01. The third kappa shape index (κ3) is 9.45. The summed E-state index contributed by atoms with van der Waals surface area (Å²) in [6, 6.07) is 33.0. The third-order valence-corrected chi connectivity index (χ3v) is 10.2. The molecule has 0 spiro atoms. The topological polar surface area (TPSA) is 82.2 Å². The van der Waals surface area contributed by atoms with Crippen molar-refractivity contribution < 1.29 is 33.5 Å². The zero-order valence-corrected chi connectivity index (χ0v) is 31.4. The summed E-state index contributed by atoms with van der Waals surface area (Å²) >= 11 is 0. The maximum Gasteiger partial charge on any atom is 0.132 e. The zero-order valence-electron chi connectivity index (χ0n) is 31.4. The Labute approximate surface area is 303 Å². The standard InChI is InChI=1S/C44H54O7/c1-41(2,50-37-21-13-32(14-22-37)42(3,4)31-11-19-36(20-12-31)47-27-39-28-48-39)25-34(45)26-46-35-17-9-30(10-18-35)43(5,6)33-15-23-38(24-16-33)51-44(7,8)40-29-49-40/h9-24,34,39-40,45H,25-29H2,1-8H3. The van der Waals surface area contributed by atoms with Crippen LogP contribution in [0.15, 0.2) is 97.1 Å². The van der Waals surface area contributed by atoms with Crippen LogP contribution in [0, 0.1) is 0 Å². The zero-order chi connectivity index (χ0) is 36.4. The molecule has 0 aliphatic carbocycles. The summed E-state index contributed by atoms with van der Waals surface area (Å²) in [5.41, 5.74) is 3.39. The minimum absolute atomic E-state index is 0.154. The molecular weight excluding hydrogens is 640 g/mol. The highest BCUT2D eigenvalue weighted by molar-refractivity contribution is 5.43. The molecule has 2 aliphatic heterocycles. The number of aliphatic hydroxyl groups excluding tert-OH is 1. The Kier molecular flexibility index (Phi) is 10.5. The number of aliphatic hydroxyl groups is 1. The van der Waals surface area contributed by atoms with Crippen LogP contribution in [0.3, 0.4) is 0 Å². The molecule has 4 aromatic rings. The number of benzene rings is 4.